The summed E-state index contributed by atoms with van der Waals surface area (Å²) in [6, 6.07) is 0. The van der Waals surface area contributed by atoms with Crippen LogP contribution in [0.1, 0.15) is 33.6 Å². The van der Waals surface area contributed by atoms with Crippen LogP contribution in [0.2, 0.25) is 0 Å². The van der Waals surface area contributed by atoms with Crippen LogP contribution in [0.5, 0.6) is 0 Å². The van der Waals surface area contributed by atoms with Crippen molar-refractivity contribution in [1.82, 2.24) is 5.32 Å². The Bertz CT molecular complexity index is 331. The Balaban J connectivity index is 4.21. The van der Waals surface area contributed by atoms with E-state index in [0.29, 0.717) is 6.54 Å². The first-order valence-corrected chi connectivity index (χ1v) is 6.26. The first-order valence-electron chi connectivity index (χ1n) is 6.26. The highest BCUT2D eigenvalue weighted by Gasteiger charge is 2.27. The summed E-state index contributed by atoms with van der Waals surface area (Å²) in [6.07, 6.45) is 0.308. The van der Waals surface area contributed by atoms with Gasteiger partial charge in [0, 0.05) is 12.0 Å². The topological polar surface area (TPSA) is 90.7 Å². The smallest absolute Gasteiger partial charge is 0.407 e. The van der Waals surface area contributed by atoms with Crippen molar-refractivity contribution in [3.8, 4) is 0 Å². The molecule has 0 bridgehead atoms. The number of hydrogen-bond donors (Lipinski definition) is 2. The summed E-state index contributed by atoms with van der Waals surface area (Å²) in [6.45, 7) is 10.0. The maximum Gasteiger partial charge on any atom is 0.407 e. The maximum atomic E-state index is 11.4. The molecule has 0 aliphatic heterocycles. The first kappa shape index (κ1) is 17.3. The quantitative estimate of drug-likeness (QED) is 0.663. The fourth-order valence-corrected chi connectivity index (χ4v) is 1.55. The minimum atomic E-state index is -0.825. The normalized spacial score (nSPS) is 13.2. The molecule has 0 saturated heterocycles. The number of amides is 2. The molecule has 1 atom stereocenters. The van der Waals surface area contributed by atoms with Gasteiger partial charge in [-0.25, -0.2) is 9.59 Å². The largest absolute Gasteiger partial charge is 0.449 e. The Morgan fingerprint density at radius 1 is 1.32 bits per heavy atom. The van der Waals surface area contributed by atoms with E-state index in [4.69, 9.17) is 15.2 Å². The van der Waals surface area contributed by atoms with Crippen molar-refractivity contribution >= 4 is 12.2 Å². The third-order valence-electron chi connectivity index (χ3n) is 2.50. The molecule has 0 aliphatic rings. The van der Waals surface area contributed by atoms with Crippen molar-refractivity contribution in [2.45, 2.75) is 33.6 Å². The van der Waals surface area contributed by atoms with Gasteiger partial charge in [0.2, 0.25) is 0 Å². The van der Waals surface area contributed by atoms with E-state index in [9.17, 15) is 9.59 Å². The number of nitrogens with two attached hydrogens (primary N) is 1. The van der Waals surface area contributed by atoms with Gasteiger partial charge in [0.15, 0.2) is 0 Å². The van der Waals surface area contributed by atoms with Crippen molar-refractivity contribution in [2.24, 2.45) is 11.1 Å². The van der Waals surface area contributed by atoms with Crippen molar-refractivity contribution in [1.29, 1.82) is 0 Å². The lowest BCUT2D eigenvalue weighted by atomic mass is 9.87. The van der Waals surface area contributed by atoms with Gasteiger partial charge in [-0.3, -0.25) is 0 Å². The molecule has 2 amide bonds. The van der Waals surface area contributed by atoms with Gasteiger partial charge in [-0.1, -0.05) is 32.4 Å². The van der Waals surface area contributed by atoms with Crippen LogP contribution in [0.15, 0.2) is 12.2 Å². The van der Waals surface area contributed by atoms with Crippen molar-refractivity contribution in [3.05, 3.63) is 12.2 Å². The Kier molecular flexibility index (Phi) is 7.63. The van der Waals surface area contributed by atoms with Gasteiger partial charge in [0.1, 0.15) is 13.2 Å². The van der Waals surface area contributed by atoms with Crippen LogP contribution in [0.25, 0.3) is 0 Å². The molecule has 0 saturated carbocycles. The SMILES string of the molecule is C=C(C)CNC(=O)OCC(C)(CCC)COC(N)=O. The molecule has 3 N–H and O–H groups in total. The van der Waals surface area contributed by atoms with E-state index in [-0.39, 0.29) is 13.2 Å². The van der Waals surface area contributed by atoms with Crippen LogP contribution in [-0.4, -0.2) is 31.9 Å². The monoisotopic (exact) mass is 272 g/mol. The zero-order valence-corrected chi connectivity index (χ0v) is 12.0. The Hall–Kier alpha value is -1.72. The summed E-state index contributed by atoms with van der Waals surface area (Å²) < 4.78 is 9.92. The number of primary amides is 1. The Labute approximate surface area is 114 Å². The van der Waals surface area contributed by atoms with E-state index in [1.807, 2.05) is 20.8 Å². The second-order valence-electron chi connectivity index (χ2n) is 5.06. The number of carbonyl (C=O) groups is 2. The second-order valence-corrected chi connectivity index (χ2v) is 5.06. The van der Waals surface area contributed by atoms with E-state index in [0.717, 1.165) is 18.4 Å². The molecular weight excluding hydrogens is 248 g/mol. The predicted molar refractivity (Wildman–Crippen MR) is 72.7 cm³/mol. The summed E-state index contributed by atoms with van der Waals surface area (Å²) in [4.78, 5) is 22.1. The van der Waals surface area contributed by atoms with E-state index in [1.165, 1.54) is 0 Å². The minimum Gasteiger partial charge on any atom is -0.449 e. The van der Waals surface area contributed by atoms with Crippen molar-refractivity contribution in [2.75, 3.05) is 19.8 Å². The van der Waals surface area contributed by atoms with Crippen molar-refractivity contribution < 1.29 is 19.1 Å². The third-order valence-corrected chi connectivity index (χ3v) is 2.50. The number of nitrogens with one attached hydrogen (secondary N) is 1. The summed E-state index contributed by atoms with van der Waals surface area (Å²) >= 11 is 0. The molecule has 0 aliphatic carbocycles. The molecule has 0 radical (unpaired) electrons. The predicted octanol–water partition coefficient (Wildman–Crippen LogP) is 2.19. The highest BCUT2D eigenvalue weighted by Crippen LogP contribution is 2.24. The Morgan fingerprint density at radius 2 is 1.89 bits per heavy atom. The molecule has 110 valence electrons. The van der Waals surface area contributed by atoms with E-state index >= 15 is 0 Å². The average Bonchev–Trinajstić information content (AvgIpc) is 2.32. The Morgan fingerprint density at radius 3 is 2.37 bits per heavy atom. The summed E-state index contributed by atoms with van der Waals surface area (Å²) in [5.41, 5.74) is 5.35. The van der Waals surface area contributed by atoms with Gasteiger partial charge in [-0.2, -0.15) is 0 Å². The number of carbonyl (C=O) groups excluding carboxylic acids is 2. The zero-order valence-electron chi connectivity index (χ0n) is 12.0. The third kappa shape index (κ3) is 8.93. The molecular formula is C13H24N2O4. The van der Waals surface area contributed by atoms with Crippen molar-refractivity contribution in [3.63, 3.8) is 0 Å². The molecule has 1 unspecified atom stereocenters. The van der Waals surface area contributed by atoms with Gasteiger partial charge in [0.05, 0.1) is 0 Å². The van der Waals surface area contributed by atoms with Crippen LogP contribution in [0.3, 0.4) is 0 Å². The molecule has 0 aromatic carbocycles. The second kappa shape index (κ2) is 8.39. The van der Waals surface area contributed by atoms with Crippen LogP contribution < -0.4 is 11.1 Å². The first-order chi connectivity index (χ1) is 8.79. The lowest BCUT2D eigenvalue weighted by Gasteiger charge is -2.27. The average molecular weight is 272 g/mol. The summed E-state index contributed by atoms with van der Waals surface area (Å²) in [7, 11) is 0. The highest BCUT2D eigenvalue weighted by atomic mass is 16.6. The molecule has 19 heavy (non-hydrogen) atoms. The van der Waals surface area contributed by atoms with Gasteiger partial charge in [0.25, 0.3) is 0 Å². The van der Waals surface area contributed by atoms with Gasteiger partial charge in [-0.05, 0) is 13.3 Å². The van der Waals surface area contributed by atoms with Crippen LogP contribution in [0, 0.1) is 5.41 Å². The molecule has 0 heterocycles. The minimum absolute atomic E-state index is 0.129. The van der Waals surface area contributed by atoms with Crippen LogP contribution in [-0.2, 0) is 9.47 Å². The van der Waals surface area contributed by atoms with Gasteiger partial charge in [-0.15, -0.1) is 0 Å². The summed E-state index contributed by atoms with van der Waals surface area (Å²) in [5.74, 6) is 0. The van der Waals surface area contributed by atoms with E-state index < -0.39 is 17.6 Å². The van der Waals surface area contributed by atoms with E-state index in [1.54, 1.807) is 0 Å². The molecule has 0 spiro atoms. The van der Waals surface area contributed by atoms with Gasteiger partial charge < -0.3 is 20.5 Å². The fraction of sp³-hybridized carbons (Fsp3) is 0.692. The number of rotatable bonds is 8. The van der Waals surface area contributed by atoms with Gasteiger partial charge >= 0.3 is 12.2 Å². The molecule has 6 heteroatoms. The zero-order chi connectivity index (χ0) is 14.9. The fourth-order valence-electron chi connectivity index (χ4n) is 1.55. The molecule has 0 fully saturated rings. The molecule has 6 nitrogen and oxygen atoms in total. The summed E-state index contributed by atoms with van der Waals surface area (Å²) in [5, 5.41) is 2.57. The lowest BCUT2D eigenvalue weighted by molar-refractivity contribution is 0.0340. The molecule has 0 rings (SSSR count). The highest BCUT2D eigenvalue weighted by molar-refractivity contribution is 5.67. The lowest BCUT2D eigenvalue weighted by Crippen LogP contribution is -2.35. The standard InChI is InChI=1S/C13H24N2O4/c1-5-6-13(4,8-18-11(14)16)9-19-12(17)15-7-10(2)3/h2,5-9H2,1,3-4H3,(H2,14,16)(H,15,17). The number of hydrogen-bond acceptors (Lipinski definition) is 4. The number of alkyl carbamates (subject to hydrolysis) is 1. The number of ether oxygens (including phenoxy) is 2. The van der Waals surface area contributed by atoms with Crippen LogP contribution in [0.4, 0.5) is 9.59 Å². The molecule has 0 aromatic heterocycles. The van der Waals surface area contributed by atoms with E-state index in [2.05, 4.69) is 11.9 Å². The maximum absolute atomic E-state index is 11.4. The van der Waals surface area contributed by atoms with Crippen LogP contribution >= 0.6 is 0 Å². The molecule has 0 aromatic rings.